The lowest BCUT2D eigenvalue weighted by atomic mass is 9.80. The predicted octanol–water partition coefficient (Wildman–Crippen LogP) is 3.36. The quantitative estimate of drug-likeness (QED) is 0.138. The van der Waals surface area contributed by atoms with Crippen molar-refractivity contribution in [3.8, 4) is 5.75 Å². The number of para-hydroxylation sites is 1. The summed E-state index contributed by atoms with van der Waals surface area (Å²) in [6.07, 6.45) is 0.587. The van der Waals surface area contributed by atoms with Gasteiger partial charge in [-0.15, -0.1) is 0 Å². The molecule has 3 rings (SSSR count). The van der Waals surface area contributed by atoms with Crippen LogP contribution < -0.4 is 15.4 Å². The number of hydrogen-bond acceptors (Lipinski definition) is 10. The summed E-state index contributed by atoms with van der Waals surface area (Å²) in [5, 5.41) is 27.7. The van der Waals surface area contributed by atoms with Gasteiger partial charge in [0.15, 0.2) is 0 Å². The molecular formula is C29H35N3O8. The average molecular weight is 554 g/mol. The van der Waals surface area contributed by atoms with Gasteiger partial charge in [-0.3, -0.25) is 10.1 Å². The van der Waals surface area contributed by atoms with E-state index in [2.05, 4.69) is 10.6 Å². The smallest absolute Gasteiger partial charge is 0.336 e. The number of unbranched alkanes of at least 4 members (excludes halogenated alkanes) is 1. The van der Waals surface area contributed by atoms with Crippen LogP contribution in [0.15, 0.2) is 77.1 Å². The van der Waals surface area contributed by atoms with E-state index < -0.39 is 28.9 Å². The van der Waals surface area contributed by atoms with Gasteiger partial charge in [0.05, 0.1) is 35.7 Å². The fraction of sp³-hybridized carbons (Fsp3) is 0.379. The fourth-order valence-corrected chi connectivity index (χ4v) is 4.43. The Balaban J connectivity index is 1.55. The number of hydrogen-bond donors (Lipinski definition) is 3. The summed E-state index contributed by atoms with van der Waals surface area (Å²) in [6, 6.07) is 15.1. The molecule has 11 nitrogen and oxygen atoms in total. The molecule has 0 radical (unpaired) electrons. The number of nitro groups is 1. The van der Waals surface area contributed by atoms with Crippen molar-refractivity contribution >= 4 is 17.6 Å². The molecule has 0 aliphatic carbocycles. The molecule has 0 amide bonds. The van der Waals surface area contributed by atoms with Gasteiger partial charge in [0.2, 0.25) is 0 Å². The first kappa shape index (κ1) is 30.3. The van der Waals surface area contributed by atoms with Gasteiger partial charge in [-0.05, 0) is 50.9 Å². The van der Waals surface area contributed by atoms with Crippen LogP contribution in [0, 0.1) is 10.1 Å². The summed E-state index contributed by atoms with van der Waals surface area (Å²) in [5.74, 6) is -1.49. The number of rotatable bonds is 14. The van der Waals surface area contributed by atoms with Gasteiger partial charge in [0.1, 0.15) is 18.5 Å². The first-order valence-corrected chi connectivity index (χ1v) is 13.0. The Bertz CT molecular complexity index is 1260. The summed E-state index contributed by atoms with van der Waals surface area (Å²) in [4.78, 5) is 36.8. The third-order valence-electron chi connectivity index (χ3n) is 6.35. The van der Waals surface area contributed by atoms with E-state index in [9.17, 15) is 24.8 Å². The number of allylic oxidation sites excluding steroid dienone is 2. The Labute approximate surface area is 233 Å². The molecule has 0 saturated heterocycles. The van der Waals surface area contributed by atoms with Gasteiger partial charge < -0.3 is 30.0 Å². The van der Waals surface area contributed by atoms with Crippen LogP contribution in [0.25, 0.3) is 0 Å². The van der Waals surface area contributed by atoms with Gasteiger partial charge in [0.25, 0.3) is 5.69 Å². The lowest BCUT2D eigenvalue weighted by Gasteiger charge is -2.30. The van der Waals surface area contributed by atoms with Crippen molar-refractivity contribution in [1.82, 2.24) is 10.6 Å². The highest BCUT2D eigenvalue weighted by Crippen LogP contribution is 2.40. The van der Waals surface area contributed by atoms with E-state index in [-0.39, 0.29) is 30.0 Å². The van der Waals surface area contributed by atoms with Gasteiger partial charge in [-0.2, -0.15) is 0 Å². The molecule has 0 spiro atoms. The molecule has 214 valence electrons. The van der Waals surface area contributed by atoms with Crippen molar-refractivity contribution in [3.63, 3.8) is 0 Å². The number of nitro benzene ring substituents is 1. The number of aliphatic hydroxyl groups excluding tert-OH is 1. The Morgan fingerprint density at radius 3 is 2.42 bits per heavy atom. The minimum absolute atomic E-state index is 0.134. The molecular weight excluding hydrogens is 518 g/mol. The molecule has 1 aliphatic rings. The summed E-state index contributed by atoms with van der Waals surface area (Å²) >= 11 is 0. The number of ether oxygens (including phenoxy) is 3. The standard InChI is InChI=1S/C29H35N3O8/c1-19-25(28(34)38-3)27(21-10-9-11-22(16-21)32(36)37)26(20(2)31-19)29(35)39-15-8-7-14-30-17-23(33)18-40-24-12-5-4-6-13-24/h4-6,9-13,16,23,27,30-31,33H,7-8,14-15,17-18H2,1-3H3/t23-,27-/m1/s1. The number of nitrogens with zero attached hydrogens (tertiary/aromatic N) is 1. The van der Waals surface area contributed by atoms with E-state index in [4.69, 9.17) is 14.2 Å². The van der Waals surface area contributed by atoms with Crippen molar-refractivity contribution < 1.29 is 33.8 Å². The van der Waals surface area contributed by atoms with Gasteiger partial charge in [-0.25, -0.2) is 9.59 Å². The maximum Gasteiger partial charge on any atom is 0.336 e. The SMILES string of the molecule is COC(=O)C1=C(C)NC(C)=C(C(=O)OCCCCNC[C@@H](O)COc2ccccc2)[C@@H]1c1cccc([N+](=O)[O-])c1. The number of dihydropyridines is 1. The molecule has 3 N–H and O–H groups in total. The zero-order valence-corrected chi connectivity index (χ0v) is 22.8. The molecule has 0 aromatic heterocycles. The van der Waals surface area contributed by atoms with Crippen LogP contribution in [0.1, 0.15) is 38.2 Å². The van der Waals surface area contributed by atoms with Crippen molar-refractivity contribution in [2.45, 2.75) is 38.7 Å². The van der Waals surface area contributed by atoms with Crippen molar-refractivity contribution in [2.24, 2.45) is 0 Å². The molecule has 2 atom stereocenters. The minimum atomic E-state index is -0.901. The maximum absolute atomic E-state index is 13.3. The largest absolute Gasteiger partial charge is 0.491 e. The van der Waals surface area contributed by atoms with Crippen molar-refractivity contribution in [2.75, 3.05) is 33.4 Å². The van der Waals surface area contributed by atoms with E-state index in [0.29, 0.717) is 48.6 Å². The number of aliphatic hydroxyl groups is 1. The van der Waals surface area contributed by atoms with Gasteiger partial charge in [0, 0.05) is 30.1 Å². The molecule has 2 aromatic carbocycles. The first-order valence-electron chi connectivity index (χ1n) is 13.0. The molecule has 0 saturated carbocycles. The van der Waals surface area contributed by atoms with Crippen molar-refractivity contribution in [3.05, 3.63) is 92.8 Å². The van der Waals surface area contributed by atoms with E-state index in [1.54, 1.807) is 19.9 Å². The number of methoxy groups -OCH3 is 1. The van der Waals surface area contributed by atoms with Gasteiger partial charge in [-0.1, -0.05) is 30.3 Å². The monoisotopic (exact) mass is 553 g/mol. The van der Waals surface area contributed by atoms with Crippen LogP contribution >= 0.6 is 0 Å². The number of nitrogens with one attached hydrogen (secondary N) is 2. The number of carbonyl (C=O) groups excluding carboxylic acids is 2. The molecule has 0 fully saturated rings. The lowest BCUT2D eigenvalue weighted by Crippen LogP contribution is -2.32. The second kappa shape index (κ2) is 14.8. The Kier molecular flexibility index (Phi) is 11.2. The van der Waals surface area contributed by atoms with Crippen LogP contribution in [0.5, 0.6) is 5.75 Å². The van der Waals surface area contributed by atoms with Gasteiger partial charge >= 0.3 is 11.9 Å². The number of carbonyl (C=O) groups is 2. The van der Waals surface area contributed by atoms with E-state index in [0.717, 1.165) is 0 Å². The van der Waals surface area contributed by atoms with E-state index in [1.165, 1.54) is 25.3 Å². The zero-order chi connectivity index (χ0) is 29.1. The first-order chi connectivity index (χ1) is 19.2. The molecule has 11 heteroatoms. The minimum Gasteiger partial charge on any atom is -0.491 e. The van der Waals surface area contributed by atoms with E-state index >= 15 is 0 Å². The molecule has 1 heterocycles. The second-order valence-electron chi connectivity index (χ2n) is 9.30. The highest BCUT2D eigenvalue weighted by Gasteiger charge is 2.38. The zero-order valence-electron chi connectivity index (χ0n) is 22.8. The normalized spacial score (nSPS) is 15.8. The molecule has 40 heavy (non-hydrogen) atoms. The van der Waals surface area contributed by atoms with Crippen molar-refractivity contribution in [1.29, 1.82) is 0 Å². The fourth-order valence-electron chi connectivity index (χ4n) is 4.43. The molecule has 0 unspecified atom stereocenters. The van der Waals surface area contributed by atoms with Crippen LogP contribution in [0.2, 0.25) is 0 Å². The number of non-ortho nitro benzene ring substituents is 1. The third kappa shape index (κ3) is 8.14. The predicted molar refractivity (Wildman–Crippen MR) is 147 cm³/mol. The Hall–Kier alpha value is -4.22. The van der Waals surface area contributed by atoms with E-state index in [1.807, 2.05) is 30.3 Å². The highest BCUT2D eigenvalue weighted by molar-refractivity contribution is 5.99. The maximum atomic E-state index is 13.3. The average Bonchev–Trinajstić information content (AvgIpc) is 2.95. The molecule has 1 aliphatic heterocycles. The number of benzene rings is 2. The summed E-state index contributed by atoms with van der Waals surface area (Å²) in [5.41, 5.74) is 1.58. The Morgan fingerprint density at radius 1 is 1.05 bits per heavy atom. The Morgan fingerprint density at radius 2 is 1.75 bits per heavy atom. The van der Waals surface area contributed by atoms with Crippen LogP contribution in [0.4, 0.5) is 5.69 Å². The van der Waals surface area contributed by atoms with Crippen LogP contribution in [0.3, 0.4) is 0 Å². The van der Waals surface area contributed by atoms with Crippen LogP contribution in [-0.2, 0) is 19.1 Å². The molecule has 0 bridgehead atoms. The highest BCUT2D eigenvalue weighted by atomic mass is 16.6. The summed E-state index contributed by atoms with van der Waals surface area (Å²) in [6.45, 7) is 4.64. The summed E-state index contributed by atoms with van der Waals surface area (Å²) in [7, 11) is 1.24. The third-order valence-corrected chi connectivity index (χ3v) is 6.35. The lowest BCUT2D eigenvalue weighted by molar-refractivity contribution is -0.384. The number of esters is 2. The van der Waals surface area contributed by atoms with Crippen LogP contribution in [-0.4, -0.2) is 61.5 Å². The molecule has 2 aromatic rings. The second-order valence-corrected chi connectivity index (χ2v) is 9.30. The topological polar surface area (TPSA) is 149 Å². The summed E-state index contributed by atoms with van der Waals surface area (Å²) < 4.78 is 16.0.